The lowest BCUT2D eigenvalue weighted by Gasteiger charge is -2.41. The molecule has 0 saturated heterocycles. The zero-order valence-electron chi connectivity index (χ0n) is 14.6. The Kier molecular flexibility index (Phi) is 12.0. The molecule has 1 rings (SSSR count). The van der Waals surface area contributed by atoms with Gasteiger partial charge in [-0.3, -0.25) is 4.99 Å². The van der Waals surface area contributed by atoms with E-state index in [9.17, 15) is 0 Å². The zero-order chi connectivity index (χ0) is 15.6. The molecule has 22 heavy (non-hydrogen) atoms. The first-order chi connectivity index (χ1) is 10.2. The Morgan fingerprint density at radius 2 is 2.18 bits per heavy atom. The van der Waals surface area contributed by atoms with Crippen LogP contribution < -0.4 is 5.32 Å². The topological polar surface area (TPSA) is 36.9 Å². The fraction of sp³-hybridized carbons (Fsp3) is 0.824. The van der Waals surface area contributed by atoms with E-state index in [1.165, 1.54) is 19.3 Å². The van der Waals surface area contributed by atoms with E-state index in [4.69, 9.17) is 9.73 Å². The van der Waals surface area contributed by atoms with E-state index in [0.29, 0.717) is 5.41 Å². The van der Waals surface area contributed by atoms with Crippen LogP contribution in [0, 0.1) is 5.41 Å². The summed E-state index contributed by atoms with van der Waals surface area (Å²) in [6, 6.07) is 0. The number of hydrogen-bond acceptors (Lipinski definition) is 2. The normalized spacial score (nSPS) is 16.4. The Morgan fingerprint density at radius 3 is 2.68 bits per heavy atom. The zero-order valence-corrected chi connectivity index (χ0v) is 16.9. The van der Waals surface area contributed by atoms with Gasteiger partial charge in [0, 0.05) is 40.4 Å². The molecule has 0 aromatic carbocycles. The number of nitrogens with zero attached hydrogens (tertiary/aromatic N) is 2. The van der Waals surface area contributed by atoms with Crippen molar-refractivity contribution in [3.05, 3.63) is 12.7 Å². The van der Waals surface area contributed by atoms with Crippen molar-refractivity contribution in [2.24, 2.45) is 10.4 Å². The van der Waals surface area contributed by atoms with Gasteiger partial charge < -0.3 is 15.0 Å². The van der Waals surface area contributed by atoms with Gasteiger partial charge in [-0.1, -0.05) is 12.5 Å². The van der Waals surface area contributed by atoms with Crippen molar-refractivity contribution >= 4 is 29.9 Å². The number of hydrogen-bond donors (Lipinski definition) is 1. The van der Waals surface area contributed by atoms with Gasteiger partial charge in [0.1, 0.15) is 0 Å². The molecule has 0 aromatic rings. The van der Waals surface area contributed by atoms with Crippen LogP contribution in [0.15, 0.2) is 17.6 Å². The van der Waals surface area contributed by atoms with Gasteiger partial charge in [-0.2, -0.15) is 0 Å². The van der Waals surface area contributed by atoms with Gasteiger partial charge in [-0.05, 0) is 44.4 Å². The minimum Gasteiger partial charge on any atom is -0.385 e. The lowest BCUT2D eigenvalue weighted by Crippen LogP contribution is -2.41. The molecule has 0 heterocycles. The predicted octanol–water partition coefficient (Wildman–Crippen LogP) is 3.67. The highest BCUT2D eigenvalue weighted by atomic mass is 127. The van der Waals surface area contributed by atoms with E-state index in [2.05, 4.69) is 30.8 Å². The Morgan fingerprint density at radius 1 is 1.45 bits per heavy atom. The van der Waals surface area contributed by atoms with Crippen molar-refractivity contribution in [1.29, 1.82) is 0 Å². The largest absolute Gasteiger partial charge is 0.385 e. The van der Waals surface area contributed by atoms with Crippen molar-refractivity contribution in [2.45, 2.75) is 45.4 Å². The van der Waals surface area contributed by atoms with Gasteiger partial charge in [0.15, 0.2) is 5.96 Å². The van der Waals surface area contributed by atoms with Gasteiger partial charge in [0.05, 0.1) is 0 Å². The predicted molar refractivity (Wildman–Crippen MR) is 106 cm³/mol. The van der Waals surface area contributed by atoms with Crippen LogP contribution in [0.1, 0.15) is 45.4 Å². The summed E-state index contributed by atoms with van der Waals surface area (Å²) in [5.41, 5.74) is 0.388. The molecular weight excluding hydrogens is 389 g/mol. The molecule has 0 amide bonds. The lowest BCUT2D eigenvalue weighted by atomic mass is 9.67. The van der Waals surface area contributed by atoms with E-state index in [0.717, 1.165) is 51.5 Å². The van der Waals surface area contributed by atoms with Crippen LogP contribution in [0.3, 0.4) is 0 Å². The molecule has 0 atom stereocenters. The average molecular weight is 423 g/mol. The maximum Gasteiger partial charge on any atom is 0.193 e. The third-order valence-electron chi connectivity index (χ3n) is 4.41. The molecular formula is C17H34IN3O. The maximum absolute atomic E-state index is 5.26. The SMILES string of the molecule is C=CCCCN(C)C(=NCC1(CCOC)CCC1)NCC.I. The molecule has 0 bridgehead atoms. The number of halogens is 1. The van der Waals surface area contributed by atoms with Gasteiger partial charge in [0.25, 0.3) is 0 Å². The monoisotopic (exact) mass is 423 g/mol. The summed E-state index contributed by atoms with van der Waals surface area (Å²) in [7, 11) is 3.90. The molecule has 130 valence electrons. The summed E-state index contributed by atoms with van der Waals surface area (Å²) >= 11 is 0. The molecule has 4 nitrogen and oxygen atoms in total. The molecule has 0 radical (unpaired) electrons. The van der Waals surface area contributed by atoms with Crippen molar-refractivity contribution in [3.63, 3.8) is 0 Å². The number of rotatable bonds is 10. The summed E-state index contributed by atoms with van der Waals surface area (Å²) in [4.78, 5) is 7.12. The van der Waals surface area contributed by atoms with E-state index < -0.39 is 0 Å². The smallest absolute Gasteiger partial charge is 0.193 e. The first-order valence-corrected chi connectivity index (χ1v) is 8.27. The minimum absolute atomic E-state index is 0. The number of nitrogens with one attached hydrogen (secondary N) is 1. The standard InChI is InChI=1S/C17H33N3O.HI/c1-5-7-8-13-20(3)16(18-6-2)19-15-17(10-9-11-17)12-14-21-4;/h5H,1,6-15H2,2-4H3,(H,18,19);1H. The second-order valence-corrected chi connectivity index (χ2v) is 6.12. The molecule has 0 aromatic heterocycles. The molecule has 1 aliphatic rings. The average Bonchev–Trinajstić information content (AvgIpc) is 2.44. The van der Waals surface area contributed by atoms with Gasteiger partial charge in [-0.25, -0.2) is 0 Å². The Hall–Kier alpha value is -0.300. The maximum atomic E-state index is 5.26. The van der Waals surface area contributed by atoms with Gasteiger partial charge >= 0.3 is 0 Å². The number of methoxy groups -OCH3 is 1. The van der Waals surface area contributed by atoms with Crippen LogP contribution in [0.4, 0.5) is 0 Å². The van der Waals surface area contributed by atoms with Crippen molar-refractivity contribution in [1.82, 2.24) is 10.2 Å². The fourth-order valence-corrected chi connectivity index (χ4v) is 2.77. The van der Waals surface area contributed by atoms with Crippen molar-refractivity contribution in [2.75, 3.05) is 40.4 Å². The summed E-state index contributed by atoms with van der Waals surface area (Å²) in [6.07, 6.45) is 9.21. The van der Waals surface area contributed by atoms with Crippen LogP contribution in [0.5, 0.6) is 0 Å². The summed E-state index contributed by atoms with van der Waals surface area (Å²) in [6.45, 7) is 9.60. The van der Waals surface area contributed by atoms with E-state index in [1.807, 2.05) is 6.08 Å². The van der Waals surface area contributed by atoms with Crippen LogP contribution in [0.2, 0.25) is 0 Å². The first kappa shape index (κ1) is 21.7. The quantitative estimate of drug-likeness (QED) is 0.192. The van der Waals surface area contributed by atoms with Crippen LogP contribution in [-0.4, -0.2) is 51.3 Å². The number of ether oxygens (including phenoxy) is 1. The van der Waals surface area contributed by atoms with Crippen molar-refractivity contribution in [3.8, 4) is 0 Å². The van der Waals surface area contributed by atoms with Crippen LogP contribution in [-0.2, 0) is 4.74 Å². The summed E-state index contributed by atoms with van der Waals surface area (Å²) < 4.78 is 5.26. The number of unbranched alkanes of at least 4 members (excludes halogenated alkanes) is 1. The third kappa shape index (κ3) is 7.31. The Bertz CT molecular complexity index is 330. The van der Waals surface area contributed by atoms with Gasteiger partial charge in [-0.15, -0.1) is 30.6 Å². The third-order valence-corrected chi connectivity index (χ3v) is 4.41. The number of aliphatic imine (C=N–C) groups is 1. The summed E-state index contributed by atoms with van der Waals surface area (Å²) in [5, 5.41) is 3.41. The Labute approximate surface area is 153 Å². The molecule has 0 spiro atoms. The number of guanidine groups is 1. The molecule has 1 fully saturated rings. The second-order valence-electron chi connectivity index (χ2n) is 6.12. The highest BCUT2D eigenvalue weighted by Gasteiger charge is 2.36. The van der Waals surface area contributed by atoms with Crippen LogP contribution >= 0.6 is 24.0 Å². The molecule has 0 unspecified atom stereocenters. The first-order valence-electron chi connectivity index (χ1n) is 8.27. The van der Waals surface area contributed by atoms with E-state index >= 15 is 0 Å². The second kappa shape index (κ2) is 12.2. The molecule has 1 saturated carbocycles. The molecule has 1 aliphatic carbocycles. The molecule has 1 N–H and O–H groups in total. The van der Waals surface area contributed by atoms with E-state index in [-0.39, 0.29) is 24.0 Å². The van der Waals surface area contributed by atoms with Gasteiger partial charge in [0.2, 0.25) is 0 Å². The van der Waals surface area contributed by atoms with E-state index in [1.54, 1.807) is 7.11 Å². The minimum atomic E-state index is 0. The van der Waals surface area contributed by atoms with Crippen molar-refractivity contribution < 1.29 is 4.74 Å². The molecule has 5 heteroatoms. The highest BCUT2D eigenvalue weighted by molar-refractivity contribution is 14.0. The highest BCUT2D eigenvalue weighted by Crippen LogP contribution is 2.44. The molecule has 0 aliphatic heterocycles. The summed E-state index contributed by atoms with van der Waals surface area (Å²) in [5.74, 6) is 1.03. The number of allylic oxidation sites excluding steroid dienone is 1. The fourth-order valence-electron chi connectivity index (χ4n) is 2.77. The Balaban J connectivity index is 0.00000441. The lowest BCUT2D eigenvalue weighted by molar-refractivity contribution is 0.0776. The van der Waals surface area contributed by atoms with Crippen LogP contribution in [0.25, 0.3) is 0 Å².